The van der Waals surface area contributed by atoms with Crippen LogP contribution in [0.5, 0.6) is 0 Å². The summed E-state index contributed by atoms with van der Waals surface area (Å²) in [6.45, 7) is 9.42. The van der Waals surface area contributed by atoms with Crippen LogP contribution < -0.4 is 0 Å². The first-order valence-corrected chi connectivity index (χ1v) is 8.41. The number of fused-ring (bicyclic) bond motifs is 1. The van der Waals surface area contributed by atoms with Crippen LogP contribution in [0.1, 0.15) is 52.9 Å². The van der Waals surface area contributed by atoms with Crippen molar-refractivity contribution in [3.63, 3.8) is 0 Å². The van der Waals surface area contributed by atoms with Crippen LogP contribution >= 0.6 is 11.8 Å². The van der Waals surface area contributed by atoms with Crippen molar-refractivity contribution in [3.8, 4) is 0 Å². The average Bonchev–Trinajstić information content (AvgIpc) is 2.95. The van der Waals surface area contributed by atoms with Crippen molar-refractivity contribution in [2.75, 3.05) is 0 Å². The largest absolute Gasteiger partial charge is 0.440 e. The zero-order valence-corrected chi connectivity index (χ0v) is 14.8. The maximum Gasteiger partial charge on any atom is 0.313 e. The Kier molecular flexibility index (Phi) is 3.66. The fourth-order valence-electron chi connectivity index (χ4n) is 2.75. The summed E-state index contributed by atoms with van der Waals surface area (Å²) in [5.74, 6) is 0.282. The Morgan fingerprint density at radius 2 is 2.13 bits per heavy atom. The first-order chi connectivity index (χ1) is 10.6. The molecule has 3 heterocycles. The van der Waals surface area contributed by atoms with Gasteiger partial charge in [0.2, 0.25) is 12.6 Å². The van der Waals surface area contributed by atoms with Crippen LogP contribution in [-0.4, -0.2) is 47.1 Å². The first-order valence-electron chi connectivity index (χ1n) is 7.53. The van der Waals surface area contributed by atoms with Gasteiger partial charge in [0.15, 0.2) is 5.82 Å². The van der Waals surface area contributed by atoms with Crippen molar-refractivity contribution in [3.05, 3.63) is 5.82 Å². The normalized spacial score (nSPS) is 26.0. The molecule has 2 fully saturated rings. The second-order valence-electron chi connectivity index (χ2n) is 7.41. The van der Waals surface area contributed by atoms with Gasteiger partial charge in [0.25, 0.3) is 0 Å². The highest BCUT2D eigenvalue weighted by Gasteiger charge is 2.57. The number of tetrazole rings is 1. The maximum atomic E-state index is 11.9. The molecule has 23 heavy (non-hydrogen) atoms. The smallest absolute Gasteiger partial charge is 0.313 e. The standard InChI is InChI=1S/C14H21N5O3S/c1-13(2,3)12(21)22-7-18-16-11(15-17-18)10-14(4,5)23-9-6-8(20)19(9)10/h9-10H,6-7H2,1-5H3/t9-,10?/m1/s1. The lowest BCUT2D eigenvalue weighted by atomic mass is 9.98. The number of amides is 1. The van der Waals surface area contributed by atoms with Crippen molar-refractivity contribution in [2.24, 2.45) is 5.41 Å². The molecule has 0 aliphatic carbocycles. The van der Waals surface area contributed by atoms with Gasteiger partial charge in [-0.05, 0) is 39.8 Å². The molecule has 0 N–H and O–H groups in total. The van der Waals surface area contributed by atoms with Crippen LogP contribution in [0.15, 0.2) is 0 Å². The monoisotopic (exact) mass is 339 g/mol. The third-order valence-corrected chi connectivity index (χ3v) is 5.46. The van der Waals surface area contributed by atoms with Crippen LogP contribution in [0.3, 0.4) is 0 Å². The van der Waals surface area contributed by atoms with Crippen LogP contribution in [0.2, 0.25) is 0 Å². The number of rotatable bonds is 3. The molecule has 126 valence electrons. The third kappa shape index (κ3) is 2.82. The molecular formula is C14H21N5O3S. The Morgan fingerprint density at radius 1 is 1.43 bits per heavy atom. The number of thioether (sulfide) groups is 1. The number of esters is 1. The molecule has 0 aromatic carbocycles. The minimum absolute atomic E-state index is 0.0826. The molecule has 1 unspecified atom stereocenters. The highest BCUT2D eigenvalue weighted by atomic mass is 32.2. The summed E-state index contributed by atoms with van der Waals surface area (Å²) in [7, 11) is 0. The van der Waals surface area contributed by atoms with Gasteiger partial charge in [0, 0.05) is 4.75 Å². The molecular weight excluding hydrogens is 318 g/mol. The molecule has 0 saturated carbocycles. The number of nitrogens with zero attached hydrogens (tertiary/aromatic N) is 5. The second kappa shape index (κ2) is 5.19. The molecule has 2 aliphatic heterocycles. The minimum atomic E-state index is -0.579. The first kappa shape index (κ1) is 16.2. The van der Waals surface area contributed by atoms with E-state index in [-0.39, 0.29) is 34.8 Å². The summed E-state index contributed by atoms with van der Waals surface area (Å²) >= 11 is 1.76. The van der Waals surface area contributed by atoms with Crippen LogP contribution in [0.25, 0.3) is 0 Å². The highest BCUT2D eigenvalue weighted by molar-refractivity contribution is 8.01. The van der Waals surface area contributed by atoms with Crippen molar-refractivity contribution in [2.45, 2.75) is 63.9 Å². The van der Waals surface area contributed by atoms with Crippen LogP contribution in [0, 0.1) is 5.41 Å². The summed E-state index contributed by atoms with van der Waals surface area (Å²) in [5, 5.41) is 12.5. The number of carbonyl (C=O) groups is 2. The SMILES string of the molecule is CC(C)(C)C(=O)OCn1nnc(C2N3C(=O)C[C@H]3SC2(C)C)n1. The number of hydrogen-bond donors (Lipinski definition) is 0. The number of carbonyl (C=O) groups excluding carboxylic acids is 2. The zero-order chi connectivity index (χ0) is 17.0. The van der Waals surface area contributed by atoms with Crippen LogP contribution in [-0.2, 0) is 21.1 Å². The Labute approximate surface area is 138 Å². The summed E-state index contributed by atoms with van der Waals surface area (Å²) < 4.78 is 5.00. The molecule has 1 aromatic rings. The van der Waals surface area contributed by atoms with E-state index in [1.807, 2.05) is 4.90 Å². The van der Waals surface area contributed by atoms with E-state index < -0.39 is 5.41 Å². The molecule has 3 rings (SSSR count). The predicted octanol–water partition coefficient (Wildman–Crippen LogP) is 1.34. The Hall–Kier alpha value is -1.64. The topological polar surface area (TPSA) is 90.2 Å². The Bertz CT molecular complexity index is 651. The predicted molar refractivity (Wildman–Crippen MR) is 83.0 cm³/mol. The third-order valence-electron chi connectivity index (χ3n) is 3.96. The van der Waals surface area contributed by atoms with E-state index >= 15 is 0 Å². The van der Waals surface area contributed by atoms with Gasteiger partial charge in [0.1, 0.15) is 6.04 Å². The van der Waals surface area contributed by atoms with E-state index in [1.165, 1.54) is 4.80 Å². The number of aromatic nitrogens is 4. The lowest BCUT2D eigenvalue weighted by Crippen LogP contribution is -2.49. The quantitative estimate of drug-likeness (QED) is 0.606. The molecule has 2 saturated heterocycles. The lowest BCUT2D eigenvalue weighted by Gasteiger charge is -2.37. The summed E-state index contributed by atoms with van der Waals surface area (Å²) in [4.78, 5) is 26.7. The second-order valence-corrected chi connectivity index (χ2v) is 9.25. The van der Waals surface area contributed by atoms with Crippen LogP contribution in [0.4, 0.5) is 0 Å². The van der Waals surface area contributed by atoms with E-state index in [0.717, 1.165) is 0 Å². The minimum Gasteiger partial charge on any atom is -0.440 e. The number of hydrogen-bond acceptors (Lipinski definition) is 7. The van der Waals surface area contributed by atoms with E-state index in [1.54, 1.807) is 32.5 Å². The van der Waals surface area contributed by atoms with Gasteiger partial charge in [-0.3, -0.25) is 9.59 Å². The van der Waals surface area contributed by atoms with E-state index in [4.69, 9.17) is 4.74 Å². The lowest BCUT2D eigenvalue weighted by molar-refractivity contribution is -0.157. The van der Waals surface area contributed by atoms with E-state index in [2.05, 4.69) is 29.3 Å². The number of ether oxygens (including phenoxy) is 1. The van der Waals surface area contributed by atoms with Gasteiger partial charge in [-0.2, -0.15) is 0 Å². The zero-order valence-electron chi connectivity index (χ0n) is 13.9. The molecule has 8 nitrogen and oxygen atoms in total. The molecule has 1 aromatic heterocycles. The molecule has 0 radical (unpaired) electrons. The fraction of sp³-hybridized carbons (Fsp3) is 0.786. The Balaban J connectivity index is 1.72. The molecule has 1 amide bonds. The van der Waals surface area contributed by atoms with Gasteiger partial charge >= 0.3 is 5.97 Å². The summed E-state index contributed by atoms with van der Waals surface area (Å²) in [5.41, 5.74) is -0.579. The Morgan fingerprint density at radius 3 is 2.74 bits per heavy atom. The average molecular weight is 339 g/mol. The van der Waals surface area contributed by atoms with Gasteiger partial charge in [0.05, 0.1) is 17.2 Å². The van der Waals surface area contributed by atoms with Gasteiger partial charge in [-0.1, -0.05) is 0 Å². The summed E-state index contributed by atoms with van der Waals surface area (Å²) in [6, 6.07) is -0.203. The van der Waals surface area contributed by atoms with E-state index in [0.29, 0.717) is 12.2 Å². The van der Waals surface area contributed by atoms with Gasteiger partial charge in [-0.15, -0.1) is 26.8 Å². The molecule has 2 aliphatic rings. The van der Waals surface area contributed by atoms with Gasteiger partial charge in [-0.25, -0.2) is 0 Å². The molecule has 0 spiro atoms. The molecule has 0 bridgehead atoms. The van der Waals surface area contributed by atoms with E-state index in [9.17, 15) is 9.59 Å². The summed E-state index contributed by atoms with van der Waals surface area (Å²) in [6.07, 6.45) is 0.571. The van der Waals surface area contributed by atoms with Crippen molar-refractivity contribution < 1.29 is 14.3 Å². The van der Waals surface area contributed by atoms with Crippen molar-refractivity contribution in [1.29, 1.82) is 0 Å². The number of β-lactam (4-membered cyclic amide) rings is 1. The molecule has 9 heteroatoms. The van der Waals surface area contributed by atoms with Crippen molar-refractivity contribution >= 4 is 23.6 Å². The van der Waals surface area contributed by atoms with Gasteiger partial charge < -0.3 is 9.64 Å². The molecule has 2 atom stereocenters. The highest BCUT2D eigenvalue weighted by Crippen LogP contribution is 2.56. The fourth-order valence-corrected chi connectivity index (χ4v) is 4.38. The maximum absolute atomic E-state index is 11.9. The van der Waals surface area contributed by atoms with Crippen molar-refractivity contribution in [1.82, 2.24) is 25.1 Å².